The molecule has 1 aromatic carbocycles. The second-order valence-corrected chi connectivity index (χ2v) is 6.22. The van der Waals surface area contributed by atoms with Crippen molar-refractivity contribution in [3.05, 3.63) is 48.2 Å². The summed E-state index contributed by atoms with van der Waals surface area (Å²) in [7, 11) is 0. The first-order valence-electron chi connectivity index (χ1n) is 8.52. The number of hydrogen-bond donors (Lipinski definition) is 2. The van der Waals surface area contributed by atoms with E-state index in [0.29, 0.717) is 11.5 Å². The summed E-state index contributed by atoms with van der Waals surface area (Å²) in [6.45, 7) is 4.02. The predicted octanol–water partition coefficient (Wildman–Crippen LogP) is 2.96. The number of nitrogens with zero attached hydrogens (tertiary/aromatic N) is 2. The van der Waals surface area contributed by atoms with Gasteiger partial charge < -0.3 is 15.5 Å². The fraction of sp³-hybridized carbons (Fsp3) is 0.316. The number of anilines is 3. The van der Waals surface area contributed by atoms with Crippen molar-refractivity contribution in [2.45, 2.75) is 26.2 Å². The van der Waals surface area contributed by atoms with Gasteiger partial charge in [0.1, 0.15) is 5.82 Å². The van der Waals surface area contributed by atoms with Gasteiger partial charge in [0, 0.05) is 30.7 Å². The van der Waals surface area contributed by atoms with Gasteiger partial charge in [0.15, 0.2) is 0 Å². The molecule has 3 rings (SSSR count). The number of carbonyl (C=O) groups is 2. The predicted molar refractivity (Wildman–Crippen MR) is 98.7 cm³/mol. The van der Waals surface area contributed by atoms with Crippen LogP contribution in [0.1, 0.15) is 24.8 Å². The van der Waals surface area contributed by atoms with E-state index in [2.05, 4.69) is 20.5 Å². The second kappa shape index (κ2) is 7.79. The number of pyridine rings is 1. The third kappa shape index (κ3) is 4.56. The molecule has 2 heterocycles. The molecule has 0 atom stereocenters. The Kier molecular flexibility index (Phi) is 5.28. The number of nitrogens with one attached hydrogen (secondary N) is 2. The van der Waals surface area contributed by atoms with Crippen LogP contribution in [0, 0.1) is 6.92 Å². The number of piperidine rings is 1. The van der Waals surface area contributed by atoms with Gasteiger partial charge in [0.05, 0.1) is 0 Å². The minimum atomic E-state index is -0.738. The summed E-state index contributed by atoms with van der Waals surface area (Å²) >= 11 is 0. The zero-order valence-electron chi connectivity index (χ0n) is 14.3. The molecule has 1 saturated heterocycles. The fourth-order valence-electron chi connectivity index (χ4n) is 2.87. The van der Waals surface area contributed by atoms with Crippen LogP contribution in [0.3, 0.4) is 0 Å². The van der Waals surface area contributed by atoms with Gasteiger partial charge >= 0.3 is 11.8 Å². The molecule has 1 aromatic heterocycles. The van der Waals surface area contributed by atoms with Crippen LogP contribution in [-0.4, -0.2) is 29.9 Å². The summed E-state index contributed by atoms with van der Waals surface area (Å²) < 4.78 is 0. The maximum atomic E-state index is 12.0. The Hall–Kier alpha value is -2.89. The molecule has 0 bridgehead atoms. The molecule has 2 N–H and O–H groups in total. The maximum absolute atomic E-state index is 12.0. The zero-order chi connectivity index (χ0) is 17.6. The van der Waals surface area contributed by atoms with Crippen LogP contribution in [0.4, 0.5) is 17.2 Å². The maximum Gasteiger partial charge on any atom is 0.315 e. The van der Waals surface area contributed by atoms with Crippen LogP contribution >= 0.6 is 0 Å². The highest BCUT2D eigenvalue weighted by atomic mass is 16.2. The first-order valence-corrected chi connectivity index (χ1v) is 8.52. The Morgan fingerprint density at radius 1 is 0.960 bits per heavy atom. The van der Waals surface area contributed by atoms with Crippen LogP contribution in [0.25, 0.3) is 0 Å². The molecule has 25 heavy (non-hydrogen) atoms. The molecule has 130 valence electrons. The smallest absolute Gasteiger partial charge is 0.315 e. The molecule has 6 heteroatoms. The number of hydrogen-bond acceptors (Lipinski definition) is 4. The summed E-state index contributed by atoms with van der Waals surface area (Å²) in [5.74, 6) is -1.09. The fourth-order valence-corrected chi connectivity index (χ4v) is 2.87. The summed E-state index contributed by atoms with van der Waals surface area (Å²) in [6.07, 6.45) is 5.30. The summed E-state index contributed by atoms with van der Waals surface area (Å²) in [6, 6.07) is 11.1. The topological polar surface area (TPSA) is 74.3 Å². The minimum absolute atomic E-state index is 0.362. The molecule has 6 nitrogen and oxygen atoms in total. The highest BCUT2D eigenvalue weighted by Gasteiger charge is 2.15. The van der Waals surface area contributed by atoms with E-state index in [1.165, 1.54) is 19.3 Å². The normalized spacial score (nSPS) is 14.0. The van der Waals surface area contributed by atoms with Crippen LogP contribution in [0.5, 0.6) is 0 Å². The highest BCUT2D eigenvalue weighted by molar-refractivity contribution is 6.43. The lowest BCUT2D eigenvalue weighted by Gasteiger charge is -2.28. The van der Waals surface area contributed by atoms with Crippen LogP contribution in [0.2, 0.25) is 0 Å². The first-order chi connectivity index (χ1) is 12.1. The SMILES string of the molecule is Cc1ccnc(NC(=O)C(=O)Nc2ccc(N3CCCCC3)cc2)c1. The molecule has 2 amide bonds. The third-order valence-corrected chi connectivity index (χ3v) is 4.21. The van der Waals surface area contributed by atoms with Crippen LogP contribution < -0.4 is 15.5 Å². The number of carbonyl (C=O) groups excluding carboxylic acids is 2. The average Bonchev–Trinajstić information content (AvgIpc) is 2.63. The van der Waals surface area contributed by atoms with E-state index < -0.39 is 11.8 Å². The van der Waals surface area contributed by atoms with Gasteiger partial charge in [-0.15, -0.1) is 0 Å². The lowest BCUT2D eigenvalue weighted by atomic mass is 10.1. The Balaban J connectivity index is 1.57. The van der Waals surface area contributed by atoms with E-state index in [0.717, 1.165) is 24.3 Å². The molecule has 1 aliphatic rings. The van der Waals surface area contributed by atoms with Crippen molar-refractivity contribution in [3.8, 4) is 0 Å². The number of benzene rings is 1. The summed E-state index contributed by atoms with van der Waals surface area (Å²) in [4.78, 5) is 30.4. The number of aryl methyl sites for hydroxylation is 1. The Morgan fingerprint density at radius 2 is 1.64 bits per heavy atom. The molecule has 1 fully saturated rings. The lowest BCUT2D eigenvalue weighted by molar-refractivity contribution is -0.133. The molecular weight excluding hydrogens is 316 g/mol. The lowest BCUT2D eigenvalue weighted by Crippen LogP contribution is -2.30. The van der Waals surface area contributed by atoms with Gasteiger partial charge in [0.25, 0.3) is 0 Å². The number of aromatic nitrogens is 1. The van der Waals surface area contributed by atoms with Gasteiger partial charge in [-0.05, 0) is 68.1 Å². The summed E-state index contributed by atoms with van der Waals surface area (Å²) in [5, 5.41) is 5.10. The van der Waals surface area contributed by atoms with E-state index >= 15 is 0 Å². The molecule has 0 aliphatic carbocycles. The van der Waals surface area contributed by atoms with Crippen molar-refractivity contribution in [2.75, 3.05) is 28.6 Å². The van der Waals surface area contributed by atoms with Crippen molar-refractivity contribution < 1.29 is 9.59 Å². The molecule has 0 radical (unpaired) electrons. The molecule has 1 aliphatic heterocycles. The van der Waals surface area contributed by atoms with Crippen molar-refractivity contribution in [3.63, 3.8) is 0 Å². The second-order valence-electron chi connectivity index (χ2n) is 6.22. The largest absolute Gasteiger partial charge is 0.372 e. The standard InChI is InChI=1S/C19H22N4O2/c1-14-9-10-20-17(13-14)22-19(25)18(24)21-15-5-7-16(8-6-15)23-11-3-2-4-12-23/h5-10,13H,2-4,11-12H2,1H3,(H,21,24)(H,20,22,25). The van der Waals surface area contributed by atoms with E-state index in [9.17, 15) is 9.59 Å². The van der Waals surface area contributed by atoms with Crippen molar-refractivity contribution in [2.24, 2.45) is 0 Å². The molecule has 0 unspecified atom stereocenters. The van der Waals surface area contributed by atoms with Crippen LogP contribution in [0.15, 0.2) is 42.6 Å². The van der Waals surface area contributed by atoms with Gasteiger partial charge in [-0.1, -0.05) is 0 Å². The van der Waals surface area contributed by atoms with Crippen molar-refractivity contribution >= 4 is 29.0 Å². The monoisotopic (exact) mass is 338 g/mol. The van der Waals surface area contributed by atoms with Crippen molar-refractivity contribution in [1.29, 1.82) is 0 Å². The van der Waals surface area contributed by atoms with Gasteiger partial charge in [-0.25, -0.2) is 4.98 Å². The molecular formula is C19H22N4O2. The highest BCUT2D eigenvalue weighted by Crippen LogP contribution is 2.21. The number of rotatable bonds is 3. The van der Waals surface area contributed by atoms with E-state index in [1.54, 1.807) is 12.3 Å². The number of amides is 2. The first kappa shape index (κ1) is 17.0. The molecule has 2 aromatic rings. The zero-order valence-corrected chi connectivity index (χ0v) is 14.3. The summed E-state index contributed by atoms with van der Waals surface area (Å²) in [5.41, 5.74) is 2.70. The Labute approximate surface area is 147 Å². The van der Waals surface area contributed by atoms with E-state index in [1.807, 2.05) is 37.3 Å². The van der Waals surface area contributed by atoms with Crippen molar-refractivity contribution in [1.82, 2.24) is 4.98 Å². The van der Waals surface area contributed by atoms with Crippen LogP contribution in [-0.2, 0) is 9.59 Å². The van der Waals surface area contributed by atoms with Gasteiger partial charge in [0.2, 0.25) is 0 Å². The van der Waals surface area contributed by atoms with Gasteiger partial charge in [-0.3, -0.25) is 9.59 Å². The van der Waals surface area contributed by atoms with E-state index in [-0.39, 0.29) is 0 Å². The molecule has 0 spiro atoms. The minimum Gasteiger partial charge on any atom is -0.372 e. The quantitative estimate of drug-likeness (QED) is 0.844. The van der Waals surface area contributed by atoms with E-state index in [4.69, 9.17) is 0 Å². The average molecular weight is 338 g/mol. The third-order valence-electron chi connectivity index (χ3n) is 4.21. The Morgan fingerprint density at radius 3 is 2.32 bits per heavy atom. The van der Waals surface area contributed by atoms with Gasteiger partial charge in [-0.2, -0.15) is 0 Å². The molecule has 0 saturated carbocycles. The Bertz CT molecular complexity index is 752.